The Morgan fingerprint density at radius 3 is 2.33 bits per heavy atom. The first-order valence-electron chi connectivity index (χ1n) is 8.16. The SMILES string of the molecule is CCCc1c2ccc(CS)ccc-2c(C(=O)OCC)c1NC(C)=O. The predicted octanol–water partition coefficient (Wildman–Crippen LogP) is 4.31. The molecule has 0 atom stereocenters. The summed E-state index contributed by atoms with van der Waals surface area (Å²) in [7, 11) is 0. The molecule has 4 nitrogen and oxygen atoms in total. The molecule has 5 heteroatoms. The van der Waals surface area contributed by atoms with Crippen molar-refractivity contribution in [2.45, 2.75) is 39.4 Å². The molecule has 2 aliphatic rings. The van der Waals surface area contributed by atoms with Crippen LogP contribution in [0.25, 0.3) is 11.1 Å². The Hall–Kier alpha value is -2.01. The van der Waals surface area contributed by atoms with Gasteiger partial charge in [0.15, 0.2) is 0 Å². The Morgan fingerprint density at radius 1 is 1.12 bits per heavy atom. The number of anilines is 1. The van der Waals surface area contributed by atoms with Crippen molar-refractivity contribution in [3.8, 4) is 11.1 Å². The summed E-state index contributed by atoms with van der Waals surface area (Å²) in [6.45, 7) is 5.58. The third kappa shape index (κ3) is 3.73. The lowest BCUT2D eigenvalue weighted by molar-refractivity contribution is -0.114. The van der Waals surface area contributed by atoms with E-state index in [1.807, 2.05) is 24.3 Å². The molecule has 1 N–H and O–H groups in total. The van der Waals surface area contributed by atoms with E-state index in [2.05, 4.69) is 24.9 Å². The molecule has 0 aromatic rings. The first-order valence-corrected chi connectivity index (χ1v) is 8.79. The fraction of sp³-hybridized carbons (Fsp3) is 0.368. The van der Waals surface area contributed by atoms with Gasteiger partial charge in [0, 0.05) is 12.7 Å². The average Bonchev–Trinajstić information content (AvgIpc) is 2.69. The minimum Gasteiger partial charge on any atom is -0.462 e. The maximum Gasteiger partial charge on any atom is 0.340 e. The summed E-state index contributed by atoms with van der Waals surface area (Å²) < 4.78 is 5.23. The van der Waals surface area contributed by atoms with E-state index in [0.29, 0.717) is 17.0 Å². The molecular formula is C19H23NO3S. The van der Waals surface area contributed by atoms with Crippen molar-refractivity contribution >= 4 is 30.2 Å². The maximum absolute atomic E-state index is 12.5. The molecule has 0 bridgehead atoms. The smallest absolute Gasteiger partial charge is 0.340 e. The van der Waals surface area contributed by atoms with E-state index in [9.17, 15) is 9.59 Å². The highest BCUT2D eigenvalue weighted by Crippen LogP contribution is 2.41. The number of carbonyl (C=O) groups excluding carboxylic acids is 2. The molecule has 1 amide bonds. The lowest BCUT2D eigenvalue weighted by atomic mass is 10.1. The third-order valence-electron chi connectivity index (χ3n) is 3.83. The van der Waals surface area contributed by atoms with Gasteiger partial charge in [-0.15, -0.1) is 0 Å². The summed E-state index contributed by atoms with van der Waals surface area (Å²) in [4.78, 5) is 24.2. The van der Waals surface area contributed by atoms with E-state index < -0.39 is 5.97 Å². The minimum absolute atomic E-state index is 0.200. The second kappa shape index (κ2) is 8.20. The predicted molar refractivity (Wildman–Crippen MR) is 100 cm³/mol. The summed E-state index contributed by atoms with van der Waals surface area (Å²) in [6, 6.07) is 7.86. The van der Waals surface area contributed by atoms with Crippen LogP contribution in [-0.2, 0) is 21.7 Å². The second-order valence-electron chi connectivity index (χ2n) is 5.61. The van der Waals surface area contributed by atoms with E-state index in [-0.39, 0.29) is 12.5 Å². The summed E-state index contributed by atoms with van der Waals surface area (Å²) in [5, 5.41) is 2.84. The summed E-state index contributed by atoms with van der Waals surface area (Å²) in [6.07, 6.45) is 1.68. The van der Waals surface area contributed by atoms with Gasteiger partial charge < -0.3 is 10.1 Å². The van der Waals surface area contributed by atoms with Crippen molar-refractivity contribution in [3.05, 3.63) is 41.0 Å². The Kier molecular flexibility index (Phi) is 6.26. The Bertz CT molecular complexity index is 727. The van der Waals surface area contributed by atoms with Gasteiger partial charge in [0.1, 0.15) is 0 Å². The van der Waals surface area contributed by atoms with Crippen LogP contribution in [0.15, 0.2) is 24.3 Å². The molecule has 0 spiro atoms. The van der Waals surface area contributed by atoms with Crippen molar-refractivity contribution in [1.82, 2.24) is 0 Å². The monoisotopic (exact) mass is 345 g/mol. The number of hydrogen-bond acceptors (Lipinski definition) is 4. The molecule has 0 saturated carbocycles. The Balaban J connectivity index is 2.77. The highest BCUT2D eigenvalue weighted by atomic mass is 32.1. The second-order valence-corrected chi connectivity index (χ2v) is 5.92. The number of fused-ring (bicyclic) bond motifs is 1. The lowest BCUT2D eigenvalue weighted by Crippen LogP contribution is -2.12. The standard InChI is InChI=1S/C19H23NO3S/c1-4-6-16-14-9-7-13(11-24)8-10-15(14)17(19(22)23-5-2)18(16)20-12(3)21/h7-10,24H,4-6,11H2,1-3H3,(H,20,21). The molecule has 0 heterocycles. The molecule has 0 saturated heterocycles. The molecule has 0 unspecified atom stereocenters. The van der Waals surface area contributed by atoms with Gasteiger partial charge >= 0.3 is 5.97 Å². The van der Waals surface area contributed by atoms with Crippen molar-refractivity contribution in [3.63, 3.8) is 0 Å². The molecule has 24 heavy (non-hydrogen) atoms. The lowest BCUT2D eigenvalue weighted by Gasteiger charge is -2.08. The minimum atomic E-state index is -0.410. The highest BCUT2D eigenvalue weighted by molar-refractivity contribution is 7.79. The zero-order valence-electron chi connectivity index (χ0n) is 14.3. The maximum atomic E-state index is 12.5. The molecule has 0 aromatic carbocycles. The molecule has 0 aromatic heterocycles. The van der Waals surface area contributed by atoms with Crippen LogP contribution in [0.3, 0.4) is 0 Å². The van der Waals surface area contributed by atoms with Gasteiger partial charge in [0.05, 0.1) is 17.9 Å². The molecule has 128 valence electrons. The summed E-state index contributed by atoms with van der Waals surface area (Å²) >= 11 is 4.32. The normalized spacial score (nSPS) is 10.7. The number of amides is 1. The van der Waals surface area contributed by atoms with Gasteiger partial charge in [-0.3, -0.25) is 4.79 Å². The Labute approximate surface area is 148 Å². The van der Waals surface area contributed by atoms with E-state index in [1.54, 1.807) is 6.92 Å². The third-order valence-corrected chi connectivity index (χ3v) is 4.19. The topological polar surface area (TPSA) is 55.4 Å². The van der Waals surface area contributed by atoms with Gasteiger partial charge in [0.25, 0.3) is 0 Å². The van der Waals surface area contributed by atoms with E-state index >= 15 is 0 Å². The first kappa shape index (κ1) is 18.3. The zero-order valence-corrected chi connectivity index (χ0v) is 15.2. The number of thiol groups is 1. The van der Waals surface area contributed by atoms with Crippen LogP contribution in [0, 0.1) is 0 Å². The number of nitrogens with one attached hydrogen (secondary N) is 1. The van der Waals surface area contributed by atoms with Crippen molar-refractivity contribution < 1.29 is 14.3 Å². The molecule has 2 aliphatic carbocycles. The number of rotatable bonds is 6. The molecule has 0 fully saturated rings. The fourth-order valence-corrected chi connectivity index (χ4v) is 3.07. The summed E-state index contributed by atoms with van der Waals surface area (Å²) in [5.41, 5.74) is 4.83. The van der Waals surface area contributed by atoms with Gasteiger partial charge in [-0.1, -0.05) is 37.6 Å². The molecule has 0 aliphatic heterocycles. The van der Waals surface area contributed by atoms with Crippen molar-refractivity contribution in [1.29, 1.82) is 0 Å². The van der Waals surface area contributed by atoms with Crippen LogP contribution >= 0.6 is 12.6 Å². The van der Waals surface area contributed by atoms with Crippen molar-refractivity contribution in [2.75, 3.05) is 11.9 Å². The van der Waals surface area contributed by atoms with Crippen LogP contribution < -0.4 is 5.32 Å². The van der Waals surface area contributed by atoms with Crippen LogP contribution in [0.1, 0.15) is 48.7 Å². The number of esters is 1. The van der Waals surface area contributed by atoms with E-state index in [0.717, 1.165) is 35.1 Å². The van der Waals surface area contributed by atoms with E-state index in [1.165, 1.54) is 6.92 Å². The van der Waals surface area contributed by atoms with Crippen LogP contribution in [-0.4, -0.2) is 18.5 Å². The quantitative estimate of drug-likeness (QED) is 0.606. The van der Waals surface area contributed by atoms with E-state index in [4.69, 9.17) is 4.74 Å². The largest absolute Gasteiger partial charge is 0.462 e. The summed E-state index contributed by atoms with van der Waals surface area (Å²) in [5.74, 6) is 0.00841. The number of ether oxygens (including phenoxy) is 1. The number of hydrogen-bond donors (Lipinski definition) is 2. The molecule has 0 radical (unpaired) electrons. The van der Waals surface area contributed by atoms with Gasteiger partial charge in [-0.2, -0.15) is 12.6 Å². The van der Waals surface area contributed by atoms with Gasteiger partial charge in [-0.25, -0.2) is 4.79 Å². The fourth-order valence-electron chi connectivity index (χ4n) is 2.86. The number of carbonyl (C=O) groups is 2. The van der Waals surface area contributed by atoms with Crippen LogP contribution in [0.2, 0.25) is 0 Å². The zero-order chi connectivity index (χ0) is 17.7. The average molecular weight is 345 g/mol. The highest BCUT2D eigenvalue weighted by Gasteiger charge is 2.28. The molecule has 2 rings (SSSR count). The first-order chi connectivity index (χ1) is 11.5. The van der Waals surface area contributed by atoms with Crippen molar-refractivity contribution in [2.24, 2.45) is 0 Å². The molecular weight excluding hydrogens is 322 g/mol. The van der Waals surface area contributed by atoms with Crippen LogP contribution in [0.4, 0.5) is 5.69 Å². The Morgan fingerprint density at radius 2 is 1.79 bits per heavy atom. The van der Waals surface area contributed by atoms with Gasteiger partial charge in [-0.05, 0) is 35.6 Å². The van der Waals surface area contributed by atoms with Gasteiger partial charge in [0.2, 0.25) is 5.91 Å². The van der Waals surface area contributed by atoms with Crippen LogP contribution in [0.5, 0.6) is 0 Å².